The number of piperazine rings is 1. The monoisotopic (exact) mass is 431 g/mol. The van der Waals surface area contributed by atoms with Crippen LogP contribution in [0.3, 0.4) is 0 Å². The Balaban J connectivity index is 1.35. The van der Waals surface area contributed by atoms with E-state index in [0.29, 0.717) is 6.54 Å². The summed E-state index contributed by atoms with van der Waals surface area (Å²) in [5, 5.41) is 21.3. The number of nitrogens with zero attached hydrogens (tertiary/aromatic N) is 3. The topological polar surface area (TPSA) is 50.5 Å². The van der Waals surface area contributed by atoms with Gasteiger partial charge in [0.1, 0.15) is 0 Å². The first kappa shape index (κ1) is 21.4. The van der Waals surface area contributed by atoms with Crippen molar-refractivity contribution < 1.29 is 5.11 Å². The van der Waals surface area contributed by atoms with Crippen molar-refractivity contribution >= 4 is 17.3 Å². The molecule has 1 heterocycles. The molecule has 3 aromatic rings. The maximum Gasteiger partial charge on any atom is 0.0960 e. The second-order valence-electron chi connectivity index (χ2n) is 7.94. The van der Waals surface area contributed by atoms with Crippen LogP contribution in [0.25, 0.3) is 11.1 Å². The summed E-state index contributed by atoms with van der Waals surface area (Å²) in [6, 6.07) is 28.2. The van der Waals surface area contributed by atoms with Gasteiger partial charge >= 0.3 is 0 Å². The molecule has 4 rings (SSSR count). The second-order valence-corrected chi connectivity index (χ2v) is 8.37. The van der Waals surface area contributed by atoms with Gasteiger partial charge in [-0.25, -0.2) is 0 Å². The molecule has 0 aliphatic carbocycles. The lowest BCUT2D eigenvalue weighted by Gasteiger charge is -2.37. The molecule has 1 aliphatic rings. The number of benzene rings is 3. The van der Waals surface area contributed by atoms with Crippen molar-refractivity contribution in [3.63, 3.8) is 0 Å². The number of hydrogen-bond donors (Lipinski definition) is 1. The summed E-state index contributed by atoms with van der Waals surface area (Å²) < 4.78 is 0. The molecule has 0 bridgehead atoms. The minimum atomic E-state index is -0.805. The molecule has 1 aliphatic heterocycles. The molecule has 1 fully saturated rings. The lowest BCUT2D eigenvalue weighted by Crippen LogP contribution is -2.48. The van der Waals surface area contributed by atoms with Crippen LogP contribution in [0.4, 0.5) is 5.69 Å². The fraction of sp³-hybridized carbons (Fsp3) is 0.269. The lowest BCUT2D eigenvalue weighted by atomic mass is 9.94. The third-order valence-electron chi connectivity index (χ3n) is 5.91. The van der Waals surface area contributed by atoms with Crippen LogP contribution in [0.1, 0.15) is 11.7 Å². The molecule has 0 spiro atoms. The van der Waals surface area contributed by atoms with E-state index in [9.17, 15) is 10.4 Å². The molecule has 5 heteroatoms. The van der Waals surface area contributed by atoms with Gasteiger partial charge < -0.3 is 10.0 Å². The van der Waals surface area contributed by atoms with Crippen molar-refractivity contribution in [3.05, 3.63) is 89.4 Å². The molecule has 2 atom stereocenters. The molecule has 0 aromatic heterocycles. The normalized spacial score (nSPS) is 16.5. The van der Waals surface area contributed by atoms with Gasteiger partial charge in [0.2, 0.25) is 0 Å². The average molecular weight is 432 g/mol. The summed E-state index contributed by atoms with van der Waals surface area (Å²) in [4.78, 5) is 4.57. The van der Waals surface area contributed by atoms with Crippen LogP contribution in [-0.4, -0.2) is 42.7 Å². The van der Waals surface area contributed by atoms with E-state index in [2.05, 4.69) is 34.1 Å². The van der Waals surface area contributed by atoms with Crippen molar-refractivity contribution in [3.8, 4) is 17.2 Å². The highest BCUT2D eigenvalue weighted by molar-refractivity contribution is 6.30. The fourth-order valence-corrected chi connectivity index (χ4v) is 4.27. The first-order valence-corrected chi connectivity index (χ1v) is 11.0. The summed E-state index contributed by atoms with van der Waals surface area (Å²) in [6.45, 7) is 4.01. The largest absolute Gasteiger partial charge is 0.387 e. The predicted molar refractivity (Wildman–Crippen MR) is 126 cm³/mol. The molecular formula is C26H26ClN3O. The first-order valence-electron chi connectivity index (χ1n) is 10.6. The van der Waals surface area contributed by atoms with E-state index in [1.165, 1.54) is 0 Å². The van der Waals surface area contributed by atoms with Gasteiger partial charge in [-0.1, -0.05) is 72.3 Å². The molecule has 158 valence electrons. The maximum absolute atomic E-state index is 10.9. The minimum Gasteiger partial charge on any atom is -0.387 e. The molecule has 31 heavy (non-hydrogen) atoms. The van der Waals surface area contributed by atoms with Crippen LogP contribution >= 0.6 is 11.6 Å². The van der Waals surface area contributed by atoms with Crippen LogP contribution in [0.2, 0.25) is 5.02 Å². The number of aliphatic hydroxyl groups excluding tert-OH is 1. The predicted octanol–water partition coefficient (Wildman–Crippen LogP) is 5.00. The smallest absolute Gasteiger partial charge is 0.0960 e. The van der Waals surface area contributed by atoms with E-state index in [4.69, 9.17) is 11.6 Å². The van der Waals surface area contributed by atoms with E-state index in [0.717, 1.165) is 53.6 Å². The fourth-order valence-electron chi connectivity index (χ4n) is 4.09. The van der Waals surface area contributed by atoms with Crippen molar-refractivity contribution in [2.24, 2.45) is 5.92 Å². The Morgan fingerprint density at radius 2 is 1.55 bits per heavy atom. The molecule has 4 nitrogen and oxygen atoms in total. The Morgan fingerprint density at radius 3 is 2.19 bits per heavy atom. The van der Waals surface area contributed by atoms with Gasteiger partial charge in [0.25, 0.3) is 0 Å². The highest BCUT2D eigenvalue weighted by Gasteiger charge is 2.26. The summed E-state index contributed by atoms with van der Waals surface area (Å²) >= 11 is 6.12. The summed E-state index contributed by atoms with van der Waals surface area (Å²) in [5.41, 5.74) is 4.14. The van der Waals surface area contributed by atoms with Crippen LogP contribution in [0, 0.1) is 17.2 Å². The molecule has 0 amide bonds. The Hall–Kier alpha value is -2.84. The van der Waals surface area contributed by atoms with Crippen LogP contribution in [-0.2, 0) is 0 Å². The number of aliphatic hydroxyl groups is 1. The van der Waals surface area contributed by atoms with Gasteiger partial charge in [-0.2, -0.15) is 5.26 Å². The highest BCUT2D eigenvalue weighted by Crippen LogP contribution is 2.27. The van der Waals surface area contributed by atoms with E-state index in [1.807, 2.05) is 60.7 Å². The Kier molecular flexibility index (Phi) is 6.89. The van der Waals surface area contributed by atoms with Crippen molar-refractivity contribution in [1.29, 1.82) is 5.26 Å². The molecule has 1 N–H and O–H groups in total. The zero-order valence-electron chi connectivity index (χ0n) is 17.4. The molecular weight excluding hydrogens is 406 g/mol. The van der Waals surface area contributed by atoms with E-state index in [-0.39, 0.29) is 0 Å². The Bertz CT molecular complexity index is 1020. The third-order valence-corrected chi connectivity index (χ3v) is 6.14. The van der Waals surface area contributed by atoms with Crippen LogP contribution in [0.15, 0.2) is 78.9 Å². The van der Waals surface area contributed by atoms with Gasteiger partial charge in [0, 0.05) is 43.4 Å². The lowest BCUT2D eigenvalue weighted by molar-refractivity contribution is 0.104. The Morgan fingerprint density at radius 1 is 0.871 bits per heavy atom. The highest BCUT2D eigenvalue weighted by atomic mass is 35.5. The van der Waals surface area contributed by atoms with Gasteiger partial charge in [-0.15, -0.1) is 0 Å². The quantitative estimate of drug-likeness (QED) is 0.596. The molecule has 1 saturated heterocycles. The number of rotatable bonds is 6. The maximum atomic E-state index is 10.9. The number of anilines is 1. The second kappa shape index (κ2) is 9.98. The van der Waals surface area contributed by atoms with Gasteiger partial charge in [0.15, 0.2) is 0 Å². The van der Waals surface area contributed by atoms with E-state index < -0.39 is 12.0 Å². The van der Waals surface area contributed by atoms with E-state index in [1.54, 1.807) is 0 Å². The number of nitriles is 1. The molecule has 0 radical (unpaired) electrons. The summed E-state index contributed by atoms with van der Waals surface area (Å²) in [6.07, 6.45) is -0.805. The third kappa shape index (κ3) is 5.26. The van der Waals surface area contributed by atoms with Crippen molar-refractivity contribution in [1.82, 2.24) is 4.90 Å². The van der Waals surface area contributed by atoms with Gasteiger partial charge in [0.05, 0.1) is 18.1 Å². The van der Waals surface area contributed by atoms with Crippen molar-refractivity contribution in [2.75, 3.05) is 37.6 Å². The zero-order chi connectivity index (χ0) is 21.6. The average Bonchev–Trinajstić information content (AvgIpc) is 2.83. The number of hydrogen-bond acceptors (Lipinski definition) is 4. The van der Waals surface area contributed by atoms with Gasteiger partial charge in [-0.05, 0) is 34.9 Å². The number of halogens is 1. The van der Waals surface area contributed by atoms with Crippen LogP contribution < -0.4 is 4.90 Å². The molecule has 3 aromatic carbocycles. The molecule has 0 unspecified atom stereocenters. The van der Waals surface area contributed by atoms with Crippen molar-refractivity contribution in [2.45, 2.75) is 6.10 Å². The minimum absolute atomic E-state index is 0.472. The summed E-state index contributed by atoms with van der Waals surface area (Å²) in [5.74, 6) is -0.472. The molecule has 0 saturated carbocycles. The van der Waals surface area contributed by atoms with Gasteiger partial charge in [-0.3, -0.25) is 4.90 Å². The summed E-state index contributed by atoms with van der Waals surface area (Å²) in [7, 11) is 0. The van der Waals surface area contributed by atoms with Crippen LogP contribution in [0.5, 0.6) is 0 Å². The standard InChI is InChI=1S/C26H26ClN3O/c27-24-7-4-8-25(17-24)30-15-13-29(14-16-30)19-23(18-28)26(31)22-11-9-21(10-12-22)20-5-2-1-3-6-20/h1-12,17,23,26,31H,13-16,19H2/t23-,26-/m0/s1. The SMILES string of the molecule is N#C[C@@H](CN1CCN(c2cccc(Cl)c2)CC1)[C@@H](O)c1ccc(-c2ccccc2)cc1. The Labute approximate surface area is 188 Å². The zero-order valence-corrected chi connectivity index (χ0v) is 18.1. The first-order chi connectivity index (χ1) is 15.1. The van der Waals surface area contributed by atoms with E-state index >= 15 is 0 Å².